The monoisotopic (exact) mass is 344 g/mol. The first-order chi connectivity index (χ1) is 9.60. The van der Waals surface area contributed by atoms with Crippen molar-refractivity contribution in [2.75, 3.05) is 19.8 Å². The zero-order valence-corrected chi connectivity index (χ0v) is 12.7. The highest BCUT2D eigenvalue weighted by Crippen LogP contribution is 2.41. The van der Waals surface area contributed by atoms with Gasteiger partial charge in [-0.25, -0.2) is 4.39 Å². The molecule has 2 aliphatic heterocycles. The molecule has 1 spiro atoms. The van der Waals surface area contributed by atoms with Gasteiger partial charge in [0.05, 0.1) is 22.8 Å². The third-order valence-electron chi connectivity index (χ3n) is 4.33. The molecule has 0 radical (unpaired) electrons. The molecule has 2 aliphatic rings. The molecule has 2 heterocycles. The minimum atomic E-state index is -0.590. The minimum Gasteiger partial charge on any atom is -0.388 e. The zero-order valence-electron chi connectivity index (χ0n) is 11.1. The van der Waals surface area contributed by atoms with Crippen LogP contribution in [-0.4, -0.2) is 30.5 Å². The van der Waals surface area contributed by atoms with Crippen molar-refractivity contribution in [1.82, 2.24) is 0 Å². The summed E-state index contributed by atoms with van der Waals surface area (Å²) in [5.41, 5.74) is 0.528. The van der Waals surface area contributed by atoms with E-state index in [0.29, 0.717) is 17.7 Å². The Bertz CT molecular complexity index is 488. The van der Waals surface area contributed by atoms with Crippen LogP contribution in [0, 0.1) is 11.7 Å². The third kappa shape index (κ3) is 2.77. The average Bonchev–Trinajstić information content (AvgIpc) is 2.89. The Balaban J connectivity index is 1.75. The molecule has 0 bridgehead atoms. The first-order valence-corrected chi connectivity index (χ1v) is 7.74. The Morgan fingerprint density at radius 2 is 2.25 bits per heavy atom. The van der Waals surface area contributed by atoms with Crippen LogP contribution >= 0.6 is 15.9 Å². The Kier molecular flexibility index (Phi) is 4.13. The third-order valence-corrected chi connectivity index (χ3v) is 4.94. The molecule has 0 aliphatic carbocycles. The van der Waals surface area contributed by atoms with Gasteiger partial charge in [-0.1, -0.05) is 6.07 Å². The molecular weight excluding hydrogens is 327 g/mol. The maximum atomic E-state index is 13.3. The molecule has 3 nitrogen and oxygen atoms in total. The van der Waals surface area contributed by atoms with Crippen LogP contribution in [0.2, 0.25) is 0 Å². The van der Waals surface area contributed by atoms with Crippen molar-refractivity contribution in [2.24, 2.45) is 5.92 Å². The van der Waals surface area contributed by atoms with E-state index in [2.05, 4.69) is 15.9 Å². The number of hydrogen-bond acceptors (Lipinski definition) is 3. The van der Waals surface area contributed by atoms with Crippen molar-refractivity contribution in [2.45, 2.75) is 31.0 Å². The van der Waals surface area contributed by atoms with E-state index in [1.165, 1.54) is 6.07 Å². The van der Waals surface area contributed by atoms with Crippen LogP contribution in [-0.2, 0) is 9.47 Å². The SMILES string of the molecule is OC(c1ccc(F)c(Br)c1)C1CCOC2(CCOC2)C1. The van der Waals surface area contributed by atoms with Crippen molar-refractivity contribution in [3.05, 3.63) is 34.1 Å². The lowest BCUT2D eigenvalue weighted by atomic mass is 9.80. The van der Waals surface area contributed by atoms with Gasteiger partial charge in [0.1, 0.15) is 5.82 Å². The summed E-state index contributed by atoms with van der Waals surface area (Å²) in [4.78, 5) is 0. The molecule has 3 rings (SSSR count). The molecule has 3 unspecified atom stereocenters. The van der Waals surface area contributed by atoms with Gasteiger partial charge in [-0.15, -0.1) is 0 Å². The van der Waals surface area contributed by atoms with E-state index in [9.17, 15) is 9.50 Å². The topological polar surface area (TPSA) is 38.7 Å². The van der Waals surface area contributed by atoms with Crippen LogP contribution in [0.15, 0.2) is 22.7 Å². The standard InChI is InChI=1S/C15H18BrFO3/c16-12-7-10(1-2-13(12)17)14(18)11-3-5-20-15(8-11)4-6-19-9-15/h1-2,7,11,14,18H,3-6,8-9H2. The highest BCUT2D eigenvalue weighted by Gasteiger charge is 2.43. The first kappa shape index (κ1) is 14.4. The van der Waals surface area contributed by atoms with E-state index < -0.39 is 6.10 Å². The lowest BCUT2D eigenvalue weighted by molar-refractivity contribution is -0.117. The second-order valence-electron chi connectivity index (χ2n) is 5.71. The number of benzene rings is 1. The molecule has 0 amide bonds. The summed E-state index contributed by atoms with van der Waals surface area (Å²) in [6.45, 7) is 1.99. The highest BCUT2D eigenvalue weighted by atomic mass is 79.9. The summed E-state index contributed by atoms with van der Waals surface area (Å²) >= 11 is 3.17. The Morgan fingerprint density at radius 1 is 1.40 bits per heavy atom. The lowest BCUT2D eigenvalue weighted by Crippen LogP contribution is -2.41. The molecule has 2 fully saturated rings. The fourth-order valence-corrected chi connectivity index (χ4v) is 3.56. The van der Waals surface area contributed by atoms with Crippen molar-refractivity contribution >= 4 is 15.9 Å². The van der Waals surface area contributed by atoms with Crippen LogP contribution in [0.4, 0.5) is 4.39 Å². The Morgan fingerprint density at radius 3 is 2.95 bits per heavy atom. The van der Waals surface area contributed by atoms with E-state index in [1.54, 1.807) is 12.1 Å². The van der Waals surface area contributed by atoms with Gasteiger partial charge in [0.25, 0.3) is 0 Å². The maximum absolute atomic E-state index is 13.3. The van der Waals surface area contributed by atoms with Crippen molar-refractivity contribution < 1.29 is 19.0 Å². The van der Waals surface area contributed by atoms with Crippen molar-refractivity contribution in [3.8, 4) is 0 Å². The summed E-state index contributed by atoms with van der Waals surface area (Å²) in [5, 5.41) is 10.6. The van der Waals surface area contributed by atoms with Crippen LogP contribution in [0.1, 0.15) is 30.9 Å². The van der Waals surface area contributed by atoms with E-state index in [4.69, 9.17) is 9.47 Å². The molecule has 20 heavy (non-hydrogen) atoms. The van der Waals surface area contributed by atoms with Crippen LogP contribution in [0.25, 0.3) is 0 Å². The van der Waals surface area contributed by atoms with Gasteiger partial charge in [-0.05, 0) is 52.4 Å². The molecule has 1 aromatic rings. The van der Waals surface area contributed by atoms with Gasteiger partial charge in [0, 0.05) is 19.6 Å². The normalized spacial score (nSPS) is 31.6. The minimum absolute atomic E-state index is 0.128. The van der Waals surface area contributed by atoms with Gasteiger partial charge in [0.15, 0.2) is 0 Å². The van der Waals surface area contributed by atoms with Crippen LogP contribution in [0.5, 0.6) is 0 Å². The highest BCUT2D eigenvalue weighted by molar-refractivity contribution is 9.10. The van der Waals surface area contributed by atoms with Gasteiger partial charge < -0.3 is 14.6 Å². The smallest absolute Gasteiger partial charge is 0.137 e. The maximum Gasteiger partial charge on any atom is 0.137 e. The van der Waals surface area contributed by atoms with Gasteiger partial charge >= 0.3 is 0 Å². The number of aliphatic hydroxyl groups is 1. The van der Waals surface area contributed by atoms with Crippen LogP contribution in [0.3, 0.4) is 0 Å². The molecule has 2 saturated heterocycles. The Labute approximate surface area is 126 Å². The average molecular weight is 345 g/mol. The molecule has 0 saturated carbocycles. The molecule has 5 heteroatoms. The fourth-order valence-electron chi connectivity index (χ4n) is 3.17. The largest absolute Gasteiger partial charge is 0.388 e. The predicted molar refractivity (Wildman–Crippen MR) is 75.9 cm³/mol. The van der Waals surface area contributed by atoms with Crippen LogP contribution < -0.4 is 0 Å². The second kappa shape index (κ2) is 5.72. The zero-order chi connectivity index (χ0) is 14.2. The second-order valence-corrected chi connectivity index (χ2v) is 6.56. The van der Waals surface area contributed by atoms with Gasteiger partial charge in [-0.2, -0.15) is 0 Å². The van der Waals surface area contributed by atoms with E-state index >= 15 is 0 Å². The Hall–Kier alpha value is -0.490. The van der Waals surface area contributed by atoms with Crippen molar-refractivity contribution in [1.29, 1.82) is 0 Å². The van der Waals surface area contributed by atoms with E-state index in [1.807, 2.05) is 0 Å². The summed E-state index contributed by atoms with van der Waals surface area (Å²) in [7, 11) is 0. The van der Waals surface area contributed by atoms with E-state index in [-0.39, 0.29) is 17.3 Å². The number of rotatable bonds is 2. The predicted octanol–water partition coefficient (Wildman–Crippen LogP) is 3.21. The summed E-state index contributed by atoms with van der Waals surface area (Å²) in [6, 6.07) is 4.70. The molecule has 1 N–H and O–H groups in total. The van der Waals surface area contributed by atoms with Gasteiger partial charge in [0.2, 0.25) is 0 Å². The van der Waals surface area contributed by atoms with Gasteiger partial charge in [-0.3, -0.25) is 0 Å². The molecule has 110 valence electrons. The summed E-state index contributed by atoms with van der Waals surface area (Å²) < 4.78 is 25.0. The molecule has 1 aromatic carbocycles. The molecule has 0 aromatic heterocycles. The lowest BCUT2D eigenvalue weighted by Gasteiger charge is -2.39. The number of ether oxygens (including phenoxy) is 2. The number of aliphatic hydroxyl groups excluding tert-OH is 1. The molecule has 3 atom stereocenters. The number of halogens is 2. The first-order valence-electron chi connectivity index (χ1n) is 6.94. The summed E-state index contributed by atoms with van der Waals surface area (Å²) in [6.07, 6.45) is 1.91. The quantitative estimate of drug-likeness (QED) is 0.895. The summed E-state index contributed by atoms with van der Waals surface area (Å²) in [5.74, 6) is -0.184. The van der Waals surface area contributed by atoms with E-state index in [0.717, 1.165) is 31.4 Å². The molecular formula is C15H18BrFO3. The fraction of sp³-hybridized carbons (Fsp3) is 0.600. The van der Waals surface area contributed by atoms with Crippen molar-refractivity contribution in [3.63, 3.8) is 0 Å². The number of hydrogen-bond donors (Lipinski definition) is 1.